The number of aromatic nitrogens is 4. The molecule has 0 spiro atoms. The fourth-order valence-electron chi connectivity index (χ4n) is 1.28. The van der Waals surface area contributed by atoms with Crippen molar-refractivity contribution in [1.29, 1.82) is 0 Å². The summed E-state index contributed by atoms with van der Waals surface area (Å²) in [6, 6.07) is 4.78. The molecule has 0 bridgehead atoms. The van der Waals surface area contributed by atoms with E-state index in [4.69, 9.17) is 0 Å². The zero-order valence-corrected chi connectivity index (χ0v) is 8.61. The van der Waals surface area contributed by atoms with Crippen molar-refractivity contribution in [1.82, 2.24) is 20.2 Å². The van der Waals surface area contributed by atoms with Crippen LogP contribution in [0, 0.1) is 12.7 Å². The number of rotatable bonds is 2. The molecule has 0 aliphatic carbocycles. The van der Waals surface area contributed by atoms with Crippen LogP contribution in [0.4, 0.5) is 4.39 Å². The maximum Gasteiger partial charge on any atom is 0.204 e. The first-order valence-corrected chi connectivity index (χ1v) is 4.75. The second kappa shape index (κ2) is 3.76. The fraction of sp³-hybridized carbons (Fsp3) is 0.300. The largest absolute Gasteiger partial charge is 0.207 e. The lowest BCUT2D eigenvalue weighted by Crippen LogP contribution is -1.98. The summed E-state index contributed by atoms with van der Waals surface area (Å²) in [5, 5.41) is 11.9. The number of aryl methyl sites for hydroxylation is 2. The van der Waals surface area contributed by atoms with Crippen LogP contribution < -0.4 is 0 Å². The average Bonchev–Trinajstić information content (AvgIpc) is 2.70. The van der Waals surface area contributed by atoms with Crippen LogP contribution in [0.25, 0.3) is 11.4 Å². The summed E-state index contributed by atoms with van der Waals surface area (Å²) in [4.78, 5) is 1.49. The molecule has 1 aromatic heterocycles. The summed E-state index contributed by atoms with van der Waals surface area (Å²) in [7, 11) is 0. The predicted molar refractivity (Wildman–Crippen MR) is 53.6 cm³/mol. The van der Waals surface area contributed by atoms with Crippen LogP contribution in [0.15, 0.2) is 18.2 Å². The molecule has 1 aromatic carbocycles. The van der Waals surface area contributed by atoms with Crippen molar-refractivity contribution in [3.63, 3.8) is 0 Å². The smallest absolute Gasteiger partial charge is 0.204 e. The van der Waals surface area contributed by atoms with E-state index in [2.05, 4.69) is 15.4 Å². The van der Waals surface area contributed by atoms with E-state index in [0.717, 1.165) is 5.56 Å². The minimum atomic E-state index is -0.221. The average molecular weight is 206 g/mol. The van der Waals surface area contributed by atoms with Crippen molar-refractivity contribution in [2.45, 2.75) is 20.4 Å². The van der Waals surface area contributed by atoms with E-state index in [1.807, 2.05) is 6.92 Å². The summed E-state index contributed by atoms with van der Waals surface area (Å²) in [6.07, 6.45) is 0. The number of benzene rings is 1. The van der Waals surface area contributed by atoms with Crippen molar-refractivity contribution < 1.29 is 4.39 Å². The number of nitrogens with zero attached hydrogens (tertiary/aromatic N) is 4. The standard InChI is InChI=1S/C10H11FN4/c1-3-15-13-10(12-14-15)8-4-5-9(11)7(2)6-8/h4-6H,3H2,1-2H3. The van der Waals surface area contributed by atoms with Crippen molar-refractivity contribution >= 4 is 0 Å². The second-order valence-electron chi connectivity index (χ2n) is 3.27. The van der Waals surface area contributed by atoms with Crippen LogP contribution in [0.3, 0.4) is 0 Å². The summed E-state index contributed by atoms with van der Waals surface area (Å²) >= 11 is 0. The van der Waals surface area contributed by atoms with Gasteiger partial charge in [0.15, 0.2) is 0 Å². The molecule has 1 heterocycles. The van der Waals surface area contributed by atoms with Crippen LogP contribution in [-0.4, -0.2) is 20.2 Å². The highest BCUT2D eigenvalue weighted by atomic mass is 19.1. The van der Waals surface area contributed by atoms with Crippen LogP contribution in [0.2, 0.25) is 0 Å². The molecule has 0 fully saturated rings. The van der Waals surface area contributed by atoms with E-state index in [0.29, 0.717) is 17.9 Å². The van der Waals surface area contributed by atoms with Gasteiger partial charge in [0.1, 0.15) is 5.82 Å². The molecular weight excluding hydrogens is 195 g/mol. The zero-order chi connectivity index (χ0) is 10.8. The Morgan fingerprint density at radius 2 is 2.20 bits per heavy atom. The molecule has 0 unspecified atom stereocenters. The maximum atomic E-state index is 13.0. The molecule has 2 rings (SSSR count). The van der Waals surface area contributed by atoms with E-state index >= 15 is 0 Å². The second-order valence-corrected chi connectivity index (χ2v) is 3.27. The van der Waals surface area contributed by atoms with Crippen molar-refractivity contribution in [3.8, 4) is 11.4 Å². The van der Waals surface area contributed by atoms with Gasteiger partial charge in [-0.3, -0.25) is 0 Å². The third-order valence-electron chi connectivity index (χ3n) is 2.15. The molecule has 2 aromatic rings. The van der Waals surface area contributed by atoms with Crippen molar-refractivity contribution in [3.05, 3.63) is 29.6 Å². The third-order valence-corrected chi connectivity index (χ3v) is 2.15. The van der Waals surface area contributed by atoms with Crippen LogP contribution in [0.1, 0.15) is 12.5 Å². The Balaban J connectivity index is 2.40. The fourth-order valence-corrected chi connectivity index (χ4v) is 1.28. The van der Waals surface area contributed by atoms with E-state index in [1.165, 1.54) is 10.9 Å². The Morgan fingerprint density at radius 1 is 1.40 bits per heavy atom. The highest BCUT2D eigenvalue weighted by molar-refractivity contribution is 5.54. The van der Waals surface area contributed by atoms with Gasteiger partial charge in [-0.2, -0.15) is 4.80 Å². The van der Waals surface area contributed by atoms with Crippen LogP contribution in [-0.2, 0) is 6.54 Å². The Labute approximate surface area is 86.7 Å². The molecule has 0 radical (unpaired) electrons. The lowest BCUT2D eigenvalue weighted by atomic mass is 10.1. The number of hydrogen-bond donors (Lipinski definition) is 0. The van der Waals surface area contributed by atoms with Crippen molar-refractivity contribution in [2.75, 3.05) is 0 Å². The van der Waals surface area contributed by atoms with Gasteiger partial charge in [-0.05, 0) is 42.8 Å². The zero-order valence-electron chi connectivity index (χ0n) is 8.61. The van der Waals surface area contributed by atoms with E-state index < -0.39 is 0 Å². The minimum Gasteiger partial charge on any atom is -0.207 e. The monoisotopic (exact) mass is 206 g/mol. The highest BCUT2D eigenvalue weighted by Gasteiger charge is 2.06. The number of tetrazole rings is 1. The van der Waals surface area contributed by atoms with Crippen LogP contribution in [0.5, 0.6) is 0 Å². The highest BCUT2D eigenvalue weighted by Crippen LogP contribution is 2.17. The lowest BCUT2D eigenvalue weighted by molar-refractivity contribution is 0.552. The molecule has 15 heavy (non-hydrogen) atoms. The minimum absolute atomic E-state index is 0.221. The first-order chi connectivity index (χ1) is 7.20. The van der Waals surface area contributed by atoms with Gasteiger partial charge in [0.05, 0.1) is 6.54 Å². The summed E-state index contributed by atoms with van der Waals surface area (Å²) in [5.74, 6) is 0.307. The van der Waals surface area contributed by atoms with Gasteiger partial charge in [-0.25, -0.2) is 4.39 Å². The molecule has 0 N–H and O–H groups in total. The Hall–Kier alpha value is -1.78. The third kappa shape index (κ3) is 1.86. The van der Waals surface area contributed by atoms with Gasteiger partial charge in [-0.1, -0.05) is 0 Å². The van der Waals surface area contributed by atoms with E-state index in [-0.39, 0.29) is 5.82 Å². The summed E-state index contributed by atoms with van der Waals surface area (Å²) in [6.45, 7) is 4.32. The molecule has 0 aliphatic rings. The molecule has 0 aliphatic heterocycles. The molecule has 0 atom stereocenters. The lowest BCUT2D eigenvalue weighted by Gasteiger charge is -1.98. The molecule has 5 heteroatoms. The Morgan fingerprint density at radius 3 is 2.80 bits per heavy atom. The number of halogens is 1. The Kier molecular flexibility index (Phi) is 2.45. The van der Waals surface area contributed by atoms with E-state index in [1.54, 1.807) is 19.1 Å². The first-order valence-electron chi connectivity index (χ1n) is 4.75. The van der Waals surface area contributed by atoms with Gasteiger partial charge in [0.2, 0.25) is 5.82 Å². The molecule has 0 saturated carbocycles. The normalized spacial score (nSPS) is 10.6. The van der Waals surface area contributed by atoms with Crippen molar-refractivity contribution in [2.24, 2.45) is 0 Å². The summed E-state index contributed by atoms with van der Waals surface area (Å²) in [5.41, 5.74) is 1.37. The van der Waals surface area contributed by atoms with Gasteiger partial charge in [-0.15, -0.1) is 10.2 Å². The number of hydrogen-bond acceptors (Lipinski definition) is 3. The Bertz CT molecular complexity index is 478. The van der Waals surface area contributed by atoms with Crippen LogP contribution >= 0.6 is 0 Å². The first kappa shape index (κ1) is 9.76. The molecule has 78 valence electrons. The van der Waals surface area contributed by atoms with Gasteiger partial charge >= 0.3 is 0 Å². The van der Waals surface area contributed by atoms with Gasteiger partial charge < -0.3 is 0 Å². The van der Waals surface area contributed by atoms with Gasteiger partial charge in [0, 0.05) is 5.56 Å². The molecule has 0 amide bonds. The maximum absolute atomic E-state index is 13.0. The van der Waals surface area contributed by atoms with Gasteiger partial charge in [0.25, 0.3) is 0 Å². The molecular formula is C10H11FN4. The summed E-state index contributed by atoms with van der Waals surface area (Å²) < 4.78 is 13.0. The quantitative estimate of drug-likeness (QED) is 0.752. The SMILES string of the molecule is CCn1nnc(-c2ccc(F)c(C)c2)n1. The topological polar surface area (TPSA) is 43.6 Å². The molecule has 4 nitrogen and oxygen atoms in total. The predicted octanol–water partition coefficient (Wildman–Crippen LogP) is 1.81. The van der Waals surface area contributed by atoms with E-state index in [9.17, 15) is 4.39 Å². The molecule has 0 saturated heterocycles.